The van der Waals surface area contributed by atoms with Crippen LogP contribution in [0.2, 0.25) is 10.3 Å². The molecule has 1 aliphatic heterocycles. The van der Waals surface area contributed by atoms with Gasteiger partial charge in [0.1, 0.15) is 20.0 Å². The second-order valence-electron chi connectivity index (χ2n) is 6.31. The maximum Gasteiger partial charge on any atom is 0.276 e. The summed E-state index contributed by atoms with van der Waals surface area (Å²) in [6.45, 7) is 0.544. The van der Waals surface area contributed by atoms with Crippen LogP contribution >= 0.6 is 23.2 Å². The fraction of sp³-hybridized carbons (Fsp3) is 0.294. The number of carbonyl (C=O) groups is 1. The highest BCUT2D eigenvalue weighted by Gasteiger charge is 2.30. The lowest BCUT2D eigenvalue weighted by Gasteiger charge is -2.26. The van der Waals surface area contributed by atoms with Crippen molar-refractivity contribution in [3.63, 3.8) is 0 Å². The molecule has 0 fully saturated rings. The van der Waals surface area contributed by atoms with E-state index in [9.17, 15) is 4.79 Å². The van der Waals surface area contributed by atoms with Crippen LogP contribution in [0.25, 0.3) is 11.5 Å². The van der Waals surface area contributed by atoms with Crippen molar-refractivity contribution in [1.82, 2.24) is 24.6 Å². The molecule has 0 unspecified atom stereocenters. The average molecular weight is 423 g/mol. The Hall–Kier alpha value is -2.62. The van der Waals surface area contributed by atoms with E-state index in [4.69, 9.17) is 32.4 Å². The number of aromatic nitrogens is 4. The third-order valence-corrected chi connectivity index (χ3v) is 4.78. The van der Waals surface area contributed by atoms with Crippen LogP contribution in [0, 0.1) is 0 Å². The Morgan fingerprint density at radius 1 is 1.07 bits per heavy atom. The molecular weight excluding hydrogens is 407 g/mol. The van der Waals surface area contributed by atoms with Gasteiger partial charge < -0.3 is 19.0 Å². The molecule has 1 aromatic carbocycles. The molecular formula is C17H16Cl2N6O3. The number of rotatable bonds is 3. The topological polar surface area (TPSA) is 89.5 Å². The van der Waals surface area contributed by atoms with Crippen molar-refractivity contribution in [2.24, 2.45) is 0 Å². The molecule has 9 nitrogen and oxygen atoms in total. The molecule has 0 spiro atoms. The highest BCUT2D eigenvalue weighted by atomic mass is 35.5. The van der Waals surface area contributed by atoms with E-state index in [-0.39, 0.29) is 31.2 Å². The minimum absolute atomic E-state index is 0.107. The number of nitrogens with zero attached hydrogens (tertiary/aromatic N) is 6. The van der Waals surface area contributed by atoms with Crippen molar-refractivity contribution >= 4 is 34.9 Å². The molecule has 0 bridgehead atoms. The Bertz CT molecular complexity index is 1020. The van der Waals surface area contributed by atoms with Crippen LogP contribution in [0.3, 0.4) is 0 Å². The fourth-order valence-electron chi connectivity index (χ4n) is 2.81. The quantitative estimate of drug-likeness (QED) is 0.640. The predicted molar refractivity (Wildman–Crippen MR) is 102 cm³/mol. The number of hydrogen-bond donors (Lipinski definition) is 0. The smallest absolute Gasteiger partial charge is 0.276 e. The average Bonchev–Trinajstić information content (AvgIpc) is 3.26. The lowest BCUT2D eigenvalue weighted by Crippen LogP contribution is -2.37. The third-order valence-electron chi connectivity index (χ3n) is 4.23. The number of ether oxygens (including phenoxy) is 1. The SMILES string of the molecule is CN1COCN(C)c2nc(Cl)n(Cc3nnc(-c4ccc(Cl)cc4)o3)c2C1=O. The van der Waals surface area contributed by atoms with Crippen LogP contribution in [0.4, 0.5) is 5.82 Å². The number of halogens is 2. The molecule has 0 saturated carbocycles. The zero-order chi connectivity index (χ0) is 19.8. The van der Waals surface area contributed by atoms with Crippen LogP contribution < -0.4 is 4.90 Å². The standard InChI is InChI=1S/C17H16Cl2N6O3/c1-23-8-27-9-24(2)16(26)13-14(23)20-17(19)25(13)7-12-21-22-15(28-12)10-3-5-11(18)6-4-10/h3-6H,7-9H2,1-2H3. The largest absolute Gasteiger partial charge is 0.419 e. The van der Waals surface area contributed by atoms with E-state index in [0.717, 1.165) is 5.56 Å². The molecule has 1 aliphatic rings. The molecule has 3 heterocycles. The molecule has 4 rings (SSSR count). The second-order valence-corrected chi connectivity index (χ2v) is 7.08. The molecule has 0 aliphatic carbocycles. The van der Waals surface area contributed by atoms with Crippen molar-refractivity contribution in [2.75, 3.05) is 32.5 Å². The lowest BCUT2D eigenvalue weighted by molar-refractivity contribution is 0.0312. The van der Waals surface area contributed by atoms with Gasteiger partial charge in [-0.1, -0.05) is 11.6 Å². The van der Waals surface area contributed by atoms with E-state index < -0.39 is 0 Å². The maximum atomic E-state index is 12.8. The van der Waals surface area contributed by atoms with E-state index in [2.05, 4.69) is 15.2 Å². The minimum atomic E-state index is -0.265. The van der Waals surface area contributed by atoms with Gasteiger partial charge in [0, 0.05) is 24.7 Å². The summed E-state index contributed by atoms with van der Waals surface area (Å²) in [5.41, 5.74) is 1.08. The Morgan fingerprint density at radius 2 is 1.79 bits per heavy atom. The first-order chi connectivity index (χ1) is 13.4. The van der Waals surface area contributed by atoms with E-state index in [0.29, 0.717) is 28.3 Å². The maximum absolute atomic E-state index is 12.8. The summed E-state index contributed by atoms with van der Waals surface area (Å²) in [6.07, 6.45) is 0. The zero-order valence-electron chi connectivity index (χ0n) is 15.1. The predicted octanol–water partition coefficient (Wildman–Crippen LogP) is 2.74. The summed E-state index contributed by atoms with van der Waals surface area (Å²) < 4.78 is 12.7. The van der Waals surface area contributed by atoms with Crippen molar-refractivity contribution < 1.29 is 13.9 Å². The van der Waals surface area contributed by atoms with E-state index in [1.165, 1.54) is 4.90 Å². The monoisotopic (exact) mass is 422 g/mol. The molecule has 11 heteroatoms. The first-order valence-electron chi connectivity index (χ1n) is 8.32. The van der Waals surface area contributed by atoms with Crippen LogP contribution in [0.1, 0.15) is 16.4 Å². The normalized spacial score (nSPS) is 14.8. The zero-order valence-corrected chi connectivity index (χ0v) is 16.6. The van der Waals surface area contributed by atoms with Crippen LogP contribution in [0.15, 0.2) is 28.7 Å². The van der Waals surface area contributed by atoms with Gasteiger partial charge in [-0.15, -0.1) is 10.2 Å². The van der Waals surface area contributed by atoms with Crippen LogP contribution in [-0.4, -0.2) is 58.1 Å². The number of carbonyl (C=O) groups excluding carboxylic acids is 1. The number of benzene rings is 1. The van der Waals surface area contributed by atoms with Gasteiger partial charge in [0.05, 0.1) is 0 Å². The minimum Gasteiger partial charge on any atom is -0.419 e. The second kappa shape index (κ2) is 7.42. The van der Waals surface area contributed by atoms with Gasteiger partial charge in [-0.2, -0.15) is 4.98 Å². The van der Waals surface area contributed by atoms with Crippen LogP contribution in [0.5, 0.6) is 0 Å². The van der Waals surface area contributed by atoms with Gasteiger partial charge in [-0.3, -0.25) is 9.36 Å². The van der Waals surface area contributed by atoms with Crippen molar-refractivity contribution in [1.29, 1.82) is 0 Å². The molecule has 2 aromatic heterocycles. The third kappa shape index (κ3) is 3.44. The number of anilines is 1. The summed E-state index contributed by atoms with van der Waals surface area (Å²) in [5, 5.41) is 8.88. The molecule has 146 valence electrons. The highest BCUT2D eigenvalue weighted by molar-refractivity contribution is 6.30. The Labute approximate surface area is 170 Å². The van der Waals surface area contributed by atoms with Gasteiger partial charge in [0.15, 0.2) is 11.5 Å². The summed E-state index contributed by atoms with van der Waals surface area (Å²) in [5.74, 6) is 0.806. The number of fused-ring (bicyclic) bond motifs is 1. The molecule has 0 atom stereocenters. The highest BCUT2D eigenvalue weighted by Crippen LogP contribution is 2.28. The van der Waals surface area contributed by atoms with Gasteiger partial charge in [0.25, 0.3) is 5.91 Å². The van der Waals surface area contributed by atoms with E-state index in [1.54, 1.807) is 47.8 Å². The van der Waals surface area contributed by atoms with Gasteiger partial charge >= 0.3 is 0 Å². The number of imidazole rings is 1. The summed E-state index contributed by atoms with van der Waals surface area (Å²) in [7, 11) is 3.42. The van der Waals surface area contributed by atoms with Gasteiger partial charge in [0.2, 0.25) is 17.1 Å². The first-order valence-corrected chi connectivity index (χ1v) is 9.08. The van der Waals surface area contributed by atoms with Crippen molar-refractivity contribution in [3.05, 3.63) is 46.2 Å². The summed E-state index contributed by atoms with van der Waals surface area (Å²) in [4.78, 5) is 20.3. The molecule has 0 N–H and O–H groups in total. The lowest BCUT2D eigenvalue weighted by atomic mass is 10.2. The Kier molecular flexibility index (Phi) is 4.96. The van der Waals surface area contributed by atoms with E-state index >= 15 is 0 Å². The first kappa shape index (κ1) is 18.7. The van der Waals surface area contributed by atoms with Gasteiger partial charge in [-0.05, 0) is 35.9 Å². The Balaban J connectivity index is 1.68. The van der Waals surface area contributed by atoms with E-state index in [1.807, 2.05) is 0 Å². The molecule has 0 saturated heterocycles. The van der Waals surface area contributed by atoms with Crippen LogP contribution in [-0.2, 0) is 11.3 Å². The number of hydrogen-bond acceptors (Lipinski definition) is 7. The molecule has 3 aromatic rings. The fourth-order valence-corrected chi connectivity index (χ4v) is 3.16. The van der Waals surface area contributed by atoms with Gasteiger partial charge in [-0.25, -0.2) is 0 Å². The Morgan fingerprint density at radius 3 is 2.54 bits per heavy atom. The summed E-state index contributed by atoms with van der Waals surface area (Å²) >= 11 is 12.2. The van der Waals surface area contributed by atoms with Crippen molar-refractivity contribution in [2.45, 2.75) is 6.54 Å². The molecule has 0 radical (unpaired) electrons. The molecule has 28 heavy (non-hydrogen) atoms. The van der Waals surface area contributed by atoms with Crippen molar-refractivity contribution in [3.8, 4) is 11.5 Å². The number of amides is 1. The summed E-state index contributed by atoms with van der Waals surface area (Å²) in [6, 6.07) is 7.05. The molecule has 1 amide bonds.